The molecule has 0 amide bonds. The van der Waals surface area contributed by atoms with E-state index in [4.69, 9.17) is 10.5 Å². The zero-order valence-electron chi connectivity index (χ0n) is 13.5. The van der Waals surface area contributed by atoms with Crippen LogP contribution in [0.1, 0.15) is 13.8 Å². The monoisotopic (exact) mass is 435 g/mol. The minimum Gasteiger partial charge on any atom is -0.496 e. The smallest absolute Gasteiger partial charge is 0.188 e. The Morgan fingerprint density at radius 3 is 2.77 bits per heavy atom. The van der Waals surface area contributed by atoms with E-state index in [1.54, 1.807) is 18.9 Å². The van der Waals surface area contributed by atoms with Crippen molar-refractivity contribution >= 4 is 41.7 Å². The van der Waals surface area contributed by atoms with E-state index in [1.165, 1.54) is 0 Å². The number of thioether (sulfide) groups is 1. The van der Waals surface area contributed by atoms with E-state index >= 15 is 0 Å². The quantitative estimate of drug-likeness (QED) is 0.216. The first-order chi connectivity index (χ1) is 10.0. The third-order valence-corrected chi connectivity index (χ3v) is 4.12. The van der Waals surface area contributed by atoms with Crippen molar-refractivity contribution in [2.24, 2.45) is 16.6 Å². The van der Waals surface area contributed by atoms with Gasteiger partial charge in [-0.3, -0.25) is 4.99 Å². The van der Waals surface area contributed by atoms with Gasteiger partial charge >= 0.3 is 0 Å². The molecule has 0 spiro atoms. The maximum atomic E-state index is 5.79. The molecule has 1 rings (SSSR count). The van der Waals surface area contributed by atoms with Crippen LogP contribution in [0.4, 0.5) is 0 Å². The summed E-state index contributed by atoms with van der Waals surface area (Å²) in [7, 11) is 1.70. The number of halogens is 1. The molecule has 0 saturated carbocycles. The molecule has 0 aliphatic heterocycles. The molecular weight excluding hydrogens is 409 g/mol. The van der Waals surface area contributed by atoms with E-state index in [9.17, 15) is 0 Å². The van der Waals surface area contributed by atoms with Crippen LogP contribution >= 0.6 is 35.7 Å². The molecule has 0 saturated heterocycles. The second kappa shape index (κ2) is 11.6. The molecule has 0 aliphatic rings. The van der Waals surface area contributed by atoms with Crippen molar-refractivity contribution < 1.29 is 4.74 Å². The predicted octanol–water partition coefficient (Wildman–Crippen LogP) is 3.52. The molecule has 1 atom stereocenters. The van der Waals surface area contributed by atoms with Crippen LogP contribution in [0.25, 0.3) is 0 Å². The Labute approximate surface area is 155 Å². The Hall–Kier alpha value is -0.890. The molecule has 6 heteroatoms. The van der Waals surface area contributed by atoms with Crippen molar-refractivity contribution in [3.8, 4) is 5.75 Å². The largest absolute Gasteiger partial charge is 0.496 e. The summed E-state index contributed by atoms with van der Waals surface area (Å²) in [5, 5.41) is 3.03. The fourth-order valence-corrected chi connectivity index (χ4v) is 2.61. The number of ether oxygens (including phenoxy) is 1. The van der Waals surface area contributed by atoms with Crippen LogP contribution in [0.5, 0.6) is 5.75 Å². The number of methoxy groups -OCH3 is 1. The van der Waals surface area contributed by atoms with Gasteiger partial charge in [0.05, 0.1) is 7.11 Å². The van der Waals surface area contributed by atoms with E-state index in [-0.39, 0.29) is 24.0 Å². The fraction of sp³-hybridized carbons (Fsp3) is 0.438. The first kappa shape index (κ1) is 21.1. The lowest BCUT2D eigenvalue weighted by Gasteiger charge is -2.11. The van der Waals surface area contributed by atoms with E-state index < -0.39 is 0 Å². The van der Waals surface area contributed by atoms with Gasteiger partial charge in [0.2, 0.25) is 0 Å². The highest BCUT2D eigenvalue weighted by molar-refractivity contribution is 14.0. The van der Waals surface area contributed by atoms with Crippen LogP contribution in [0.3, 0.4) is 0 Å². The van der Waals surface area contributed by atoms with Gasteiger partial charge < -0.3 is 15.8 Å². The van der Waals surface area contributed by atoms with Gasteiger partial charge in [-0.1, -0.05) is 31.2 Å². The highest BCUT2D eigenvalue weighted by atomic mass is 127. The van der Waals surface area contributed by atoms with Crippen molar-refractivity contribution in [1.29, 1.82) is 0 Å². The van der Waals surface area contributed by atoms with Crippen molar-refractivity contribution in [2.45, 2.75) is 18.7 Å². The number of rotatable bonds is 8. The van der Waals surface area contributed by atoms with Crippen molar-refractivity contribution in [2.75, 3.05) is 26.0 Å². The predicted molar refractivity (Wildman–Crippen MR) is 108 cm³/mol. The van der Waals surface area contributed by atoms with Gasteiger partial charge in [0.25, 0.3) is 0 Å². The highest BCUT2D eigenvalue weighted by Crippen LogP contribution is 2.29. The number of para-hydroxylation sites is 1. The summed E-state index contributed by atoms with van der Waals surface area (Å²) < 4.78 is 5.34. The van der Waals surface area contributed by atoms with Crippen molar-refractivity contribution in [3.63, 3.8) is 0 Å². The minimum atomic E-state index is 0. The maximum absolute atomic E-state index is 5.79. The van der Waals surface area contributed by atoms with Crippen molar-refractivity contribution in [3.05, 3.63) is 36.4 Å². The molecule has 124 valence electrons. The molecule has 4 nitrogen and oxygen atoms in total. The van der Waals surface area contributed by atoms with Crippen LogP contribution in [-0.2, 0) is 0 Å². The lowest BCUT2D eigenvalue weighted by molar-refractivity contribution is 0.405. The summed E-state index contributed by atoms with van der Waals surface area (Å²) in [6, 6.07) is 8.05. The average Bonchev–Trinajstić information content (AvgIpc) is 2.49. The Morgan fingerprint density at radius 2 is 2.14 bits per heavy atom. The summed E-state index contributed by atoms with van der Waals surface area (Å²) in [5.74, 6) is 2.80. The number of hydrogen-bond donors (Lipinski definition) is 2. The Balaban J connectivity index is 0.00000441. The second-order valence-corrected chi connectivity index (χ2v) is 6.17. The second-order valence-electron chi connectivity index (χ2n) is 5.10. The summed E-state index contributed by atoms with van der Waals surface area (Å²) in [6.45, 7) is 9.30. The SMILES string of the molecule is C=C(C)CNC(N)=NCC(C)CSc1ccccc1OC.I. The van der Waals surface area contributed by atoms with E-state index in [2.05, 4.69) is 29.9 Å². The van der Waals surface area contributed by atoms with Crippen LogP contribution in [-0.4, -0.2) is 31.9 Å². The molecule has 0 heterocycles. The number of guanidine groups is 1. The lowest BCUT2D eigenvalue weighted by Crippen LogP contribution is -2.33. The zero-order valence-corrected chi connectivity index (χ0v) is 16.6. The highest BCUT2D eigenvalue weighted by Gasteiger charge is 2.06. The van der Waals surface area contributed by atoms with E-state index in [1.807, 2.05) is 25.1 Å². The average molecular weight is 435 g/mol. The standard InChI is InChI=1S/C16H25N3OS.HI/c1-12(2)9-18-16(17)19-10-13(3)11-21-15-8-6-5-7-14(15)20-4;/h5-8,13H,1,9-11H2,2-4H3,(H3,17,18,19);1H. The molecule has 1 unspecified atom stereocenters. The number of nitrogens with one attached hydrogen (secondary N) is 1. The van der Waals surface area contributed by atoms with Crippen molar-refractivity contribution in [1.82, 2.24) is 5.32 Å². The molecule has 1 aromatic rings. The summed E-state index contributed by atoms with van der Waals surface area (Å²) in [4.78, 5) is 5.51. The molecule has 1 aromatic carbocycles. The molecule has 0 fully saturated rings. The van der Waals surface area contributed by atoms with Crippen LogP contribution in [0, 0.1) is 5.92 Å². The van der Waals surface area contributed by atoms with Gasteiger partial charge in [0, 0.05) is 23.7 Å². The number of nitrogens with two attached hydrogens (primary N) is 1. The van der Waals surface area contributed by atoms with Gasteiger partial charge in [-0.25, -0.2) is 0 Å². The molecule has 0 bridgehead atoms. The summed E-state index contributed by atoms with van der Waals surface area (Å²) in [6.07, 6.45) is 0. The topological polar surface area (TPSA) is 59.6 Å². The molecule has 22 heavy (non-hydrogen) atoms. The molecule has 0 aromatic heterocycles. The number of aliphatic imine (C=N–C) groups is 1. The van der Waals surface area contributed by atoms with E-state index in [0.717, 1.165) is 22.0 Å². The first-order valence-corrected chi connectivity index (χ1v) is 7.95. The Kier molecular flexibility index (Phi) is 11.2. The zero-order chi connectivity index (χ0) is 15.7. The number of benzene rings is 1. The number of hydrogen-bond acceptors (Lipinski definition) is 3. The van der Waals surface area contributed by atoms with Gasteiger partial charge in [-0.05, 0) is 25.0 Å². The fourth-order valence-electron chi connectivity index (χ4n) is 1.57. The Bertz CT molecular complexity index is 494. The first-order valence-electron chi connectivity index (χ1n) is 6.97. The molecule has 3 N–H and O–H groups in total. The third kappa shape index (κ3) is 8.53. The maximum Gasteiger partial charge on any atom is 0.188 e. The van der Waals surface area contributed by atoms with E-state index in [0.29, 0.717) is 25.0 Å². The van der Waals surface area contributed by atoms with Crippen LogP contribution in [0.2, 0.25) is 0 Å². The van der Waals surface area contributed by atoms with Gasteiger partial charge in [0.15, 0.2) is 5.96 Å². The molecular formula is C16H26IN3OS. The van der Waals surface area contributed by atoms with Crippen LogP contribution in [0.15, 0.2) is 46.3 Å². The third-order valence-electron chi connectivity index (χ3n) is 2.74. The molecule has 0 aliphatic carbocycles. The summed E-state index contributed by atoms with van der Waals surface area (Å²) in [5.41, 5.74) is 6.83. The molecule has 0 radical (unpaired) electrons. The number of nitrogens with zero attached hydrogens (tertiary/aromatic N) is 1. The normalized spacial score (nSPS) is 12.2. The Morgan fingerprint density at radius 1 is 1.45 bits per heavy atom. The van der Waals surface area contributed by atoms with Gasteiger partial charge in [0.1, 0.15) is 5.75 Å². The minimum absolute atomic E-state index is 0. The van der Waals surface area contributed by atoms with Crippen LogP contribution < -0.4 is 15.8 Å². The van der Waals surface area contributed by atoms with Gasteiger partial charge in [-0.2, -0.15) is 0 Å². The summed E-state index contributed by atoms with van der Waals surface area (Å²) >= 11 is 1.78. The van der Waals surface area contributed by atoms with Gasteiger partial charge in [-0.15, -0.1) is 35.7 Å². The lowest BCUT2D eigenvalue weighted by atomic mass is 10.2.